The van der Waals surface area contributed by atoms with Crippen molar-refractivity contribution < 1.29 is 31.3 Å². The molecule has 0 bridgehead atoms. The fraction of sp³-hybridized carbons (Fsp3) is 0.350. The lowest BCUT2D eigenvalue weighted by atomic mass is 9.95. The van der Waals surface area contributed by atoms with Gasteiger partial charge >= 0.3 is 0 Å². The van der Waals surface area contributed by atoms with Gasteiger partial charge in [0.15, 0.2) is 11.6 Å². The Kier molecular flexibility index (Phi) is 6.86. The first-order valence-corrected chi connectivity index (χ1v) is 11.2. The minimum absolute atomic E-state index is 0.0652. The molecular weight excluding hydrogens is 429 g/mol. The molecule has 2 atom stereocenters. The summed E-state index contributed by atoms with van der Waals surface area (Å²) in [5, 5.41) is 5.45. The van der Waals surface area contributed by atoms with E-state index in [2.05, 4.69) is 19.8 Å². The number of halogens is 1. The molecule has 2 heterocycles. The highest BCUT2D eigenvalue weighted by atomic mass is 32.2. The van der Waals surface area contributed by atoms with E-state index in [-0.39, 0.29) is 36.1 Å². The van der Waals surface area contributed by atoms with Crippen LogP contribution in [0.4, 0.5) is 4.39 Å². The summed E-state index contributed by atoms with van der Waals surface area (Å²) in [4.78, 5) is 27.3. The van der Waals surface area contributed by atoms with E-state index < -0.39 is 21.9 Å². The fourth-order valence-corrected chi connectivity index (χ4v) is 3.45. The molecule has 1 aromatic heterocycles. The van der Waals surface area contributed by atoms with Crippen LogP contribution in [0.5, 0.6) is 11.6 Å². The second kappa shape index (κ2) is 9.40. The van der Waals surface area contributed by atoms with E-state index in [0.29, 0.717) is 24.1 Å². The van der Waals surface area contributed by atoms with Crippen LogP contribution in [0.15, 0.2) is 36.5 Å². The lowest BCUT2D eigenvalue weighted by Gasteiger charge is -2.11. The van der Waals surface area contributed by atoms with Crippen molar-refractivity contribution in [3.8, 4) is 11.6 Å². The normalized spacial score (nSPS) is 18.5. The van der Waals surface area contributed by atoms with Crippen molar-refractivity contribution in [1.82, 2.24) is 15.6 Å². The molecule has 11 heteroatoms. The van der Waals surface area contributed by atoms with Gasteiger partial charge in [0.2, 0.25) is 17.7 Å². The molecule has 1 aliphatic heterocycles. The topological polar surface area (TPSA) is 124 Å². The van der Waals surface area contributed by atoms with Gasteiger partial charge in [0.1, 0.15) is 0 Å². The third kappa shape index (κ3) is 6.46. The van der Waals surface area contributed by atoms with Crippen LogP contribution >= 0.6 is 0 Å². The third-order valence-corrected chi connectivity index (χ3v) is 5.14. The molecule has 166 valence electrons. The van der Waals surface area contributed by atoms with Gasteiger partial charge in [-0.2, -0.15) is 8.42 Å². The number of aromatic nitrogens is 1. The average molecular weight is 451 g/mol. The Morgan fingerprint density at radius 3 is 2.71 bits per heavy atom. The molecule has 1 fully saturated rings. The van der Waals surface area contributed by atoms with E-state index in [1.165, 1.54) is 31.3 Å². The Hall–Kier alpha value is -3.05. The number of carbonyl (C=O) groups is 2. The van der Waals surface area contributed by atoms with Crippen LogP contribution in [0, 0.1) is 5.82 Å². The SMILES string of the molecule is CC(=O)NCC1CC(c2ccc(Oc3ccc(COS(C)(=O)=O)cn3)c(F)c2)C(=O)N1. The zero-order chi connectivity index (χ0) is 22.6. The van der Waals surface area contributed by atoms with Gasteiger partial charge in [-0.05, 0) is 35.7 Å². The van der Waals surface area contributed by atoms with E-state index in [1.54, 1.807) is 12.1 Å². The van der Waals surface area contributed by atoms with Crippen molar-refractivity contribution in [3.63, 3.8) is 0 Å². The molecule has 1 saturated heterocycles. The summed E-state index contributed by atoms with van der Waals surface area (Å²) in [6.07, 6.45) is 2.75. The molecule has 2 amide bonds. The monoisotopic (exact) mass is 451 g/mol. The molecule has 2 N–H and O–H groups in total. The second-order valence-corrected chi connectivity index (χ2v) is 8.84. The summed E-state index contributed by atoms with van der Waals surface area (Å²) in [7, 11) is -3.57. The maximum Gasteiger partial charge on any atom is 0.264 e. The summed E-state index contributed by atoms with van der Waals surface area (Å²) in [5.74, 6) is -1.53. The van der Waals surface area contributed by atoms with Crippen molar-refractivity contribution in [3.05, 3.63) is 53.5 Å². The van der Waals surface area contributed by atoms with Gasteiger partial charge < -0.3 is 15.4 Å². The largest absolute Gasteiger partial charge is 0.436 e. The van der Waals surface area contributed by atoms with Crippen LogP contribution in [0.25, 0.3) is 0 Å². The summed E-state index contributed by atoms with van der Waals surface area (Å²) in [6, 6.07) is 7.08. The quantitative estimate of drug-likeness (QED) is 0.584. The maximum absolute atomic E-state index is 14.6. The summed E-state index contributed by atoms with van der Waals surface area (Å²) in [6.45, 7) is 1.55. The highest BCUT2D eigenvalue weighted by molar-refractivity contribution is 7.85. The van der Waals surface area contributed by atoms with Gasteiger partial charge in [0.05, 0.1) is 18.8 Å². The molecule has 2 aromatic rings. The highest BCUT2D eigenvalue weighted by Gasteiger charge is 2.33. The minimum atomic E-state index is -3.57. The predicted octanol–water partition coefficient (Wildman–Crippen LogP) is 1.60. The standard InChI is InChI=1S/C20H22FN3O6S/c1-12(25)22-10-15-8-16(20(26)24-15)14-4-5-18(17(21)7-14)30-19-6-3-13(9-23-19)11-29-31(2,27)28/h3-7,9,15-16H,8,10-11H2,1-2H3,(H,22,25)(H,24,26). The lowest BCUT2D eigenvalue weighted by Crippen LogP contribution is -2.37. The number of amides is 2. The smallest absolute Gasteiger partial charge is 0.264 e. The van der Waals surface area contributed by atoms with Crippen LogP contribution in [-0.2, 0) is 30.5 Å². The Bertz CT molecular complexity index is 1070. The second-order valence-electron chi connectivity index (χ2n) is 7.19. The number of nitrogens with zero attached hydrogens (tertiary/aromatic N) is 1. The summed E-state index contributed by atoms with van der Waals surface area (Å²) < 4.78 is 46.7. The predicted molar refractivity (Wildman–Crippen MR) is 108 cm³/mol. The molecule has 1 aliphatic rings. The molecule has 9 nitrogen and oxygen atoms in total. The Balaban J connectivity index is 1.63. The van der Waals surface area contributed by atoms with Crippen molar-refractivity contribution in [1.29, 1.82) is 0 Å². The molecular formula is C20H22FN3O6S. The van der Waals surface area contributed by atoms with Gasteiger partial charge in [0, 0.05) is 31.8 Å². The molecule has 0 spiro atoms. The van der Waals surface area contributed by atoms with Gasteiger partial charge in [-0.3, -0.25) is 13.8 Å². The van der Waals surface area contributed by atoms with E-state index in [0.717, 1.165) is 6.26 Å². The Morgan fingerprint density at radius 1 is 1.32 bits per heavy atom. The summed E-state index contributed by atoms with van der Waals surface area (Å²) >= 11 is 0. The average Bonchev–Trinajstić information content (AvgIpc) is 3.07. The molecule has 31 heavy (non-hydrogen) atoms. The maximum atomic E-state index is 14.6. The number of hydrogen-bond donors (Lipinski definition) is 2. The van der Waals surface area contributed by atoms with Gasteiger partial charge in [-0.15, -0.1) is 0 Å². The summed E-state index contributed by atoms with van der Waals surface area (Å²) in [5.41, 5.74) is 1.02. The van der Waals surface area contributed by atoms with Gasteiger partial charge in [-0.1, -0.05) is 6.07 Å². The highest BCUT2D eigenvalue weighted by Crippen LogP contribution is 2.31. The minimum Gasteiger partial charge on any atom is -0.436 e. The molecule has 0 aliphatic carbocycles. The molecule has 0 radical (unpaired) electrons. The van der Waals surface area contributed by atoms with Crippen LogP contribution < -0.4 is 15.4 Å². The van der Waals surface area contributed by atoms with Crippen molar-refractivity contribution >= 4 is 21.9 Å². The number of pyridine rings is 1. The van der Waals surface area contributed by atoms with Crippen LogP contribution in [-0.4, -0.2) is 44.1 Å². The van der Waals surface area contributed by atoms with Crippen molar-refractivity contribution in [2.45, 2.75) is 31.9 Å². The van der Waals surface area contributed by atoms with Crippen LogP contribution in [0.3, 0.4) is 0 Å². The molecule has 1 aromatic carbocycles. The number of carbonyl (C=O) groups excluding carboxylic acids is 2. The molecule has 0 saturated carbocycles. The fourth-order valence-electron chi connectivity index (χ4n) is 3.10. The van der Waals surface area contributed by atoms with E-state index >= 15 is 0 Å². The Labute approximate surface area is 179 Å². The van der Waals surface area contributed by atoms with Crippen LogP contribution in [0.1, 0.15) is 30.4 Å². The first-order chi connectivity index (χ1) is 14.6. The number of benzene rings is 1. The lowest BCUT2D eigenvalue weighted by molar-refractivity contribution is -0.121. The number of ether oxygens (including phenoxy) is 1. The van der Waals surface area contributed by atoms with Gasteiger partial charge in [-0.25, -0.2) is 9.37 Å². The molecule has 2 unspecified atom stereocenters. The van der Waals surface area contributed by atoms with E-state index in [9.17, 15) is 22.4 Å². The van der Waals surface area contributed by atoms with Crippen molar-refractivity contribution in [2.24, 2.45) is 0 Å². The number of rotatable bonds is 8. The van der Waals surface area contributed by atoms with E-state index in [1.807, 2.05) is 0 Å². The first-order valence-electron chi connectivity index (χ1n) is 9.42. The number of hydrogen-bond acceptors (Lipinski definition) is 7. The van der Waals surface area contributed by atoms with Crippen molar-refractivity contribution in [2.75, 3.05) is 12.8 Å². The van der Waals surface area contributed by atoms with Crippen LogP contribution in [0.2, 0.25) is 0 Å². The zero-order valence-electron chi connectivity index (χ0n) is 16.9. The first kappa shape index (κ1) is 22.6. The Morgan fingerprint density at radius 2 is 2.10 bits per heavy atom. The zero-order valence-corrected chi connectivity index (χ0v) is 17.7. The number of nitrogens with one attached hydrogen (secondary N) is 2. The van der Waals surface area contributed by atoms with E-state index in [4.69, 9.17) is 4.74 Å². The molecule has 3 rings (SSSR count). The van der Waals surface area contributed by atoms with Gasteiger partial charge in [0.25, 0.3) is 10.1 Å². The third-order valence-electron chi connectivity index (χ3n) is 4.59.